The van der Waals surface area contributed by atoms with Crippen LogP contribution in [0.15, 0.2) is 21.3 Å². The highest BCUT2D eigenvalue weighted by atomic mass is 79.9. The molecule has 0 spiro atoms. The summed E-state index contributed by atoms with van der Waals surface area (Å²) in [5.74, 6) is -2.22. The first-order valence-corrected chi connectivity index (χ1v) is 5.27. The van der Waals surface area contributed by atoms with Crippen molar-refractivity contribution in [2.75, 3.05) is 12.8 Å². The highest BCUT2D eigenvalue weighted by Crippen LogP contribution is 2.37. The standard InChI is InChI=1S/C10H7BrF2N2O2/c1-16-9-7(12)4(2-6(11)8(9)13)5-3-15-17-10(5)14/h2-3H,14H2,1H3. The number of benzene rings is 1. The number of halogens is 3. The largest absolute Gasteiger partial charge is 0.491 e. The molecule has 0 fully saturated rings. The Labute approximate surface area is 103 Å². The van der Waals surface area contributed by atoms with Crippen molar-refractivity contribution in [3.63, 3.8) is 0 Å². The second-order valence-electron chi connectivity index (χ2n) is 3.17. The minimum absolute atomic E-state index is 0.0499. The van der Waals surface area contributed by atoms with E-state index in [1.807, 2.05) is 0 Å². The van der Waals surface area contributed by atoms with Crippen LogP contribution >= 0.6 is 15.9 Å². The lowest BCUT2D eigenvalue weighted by atomic mass is 10.1. The normalized spacial score (nSPS) is 10.6. The second-order valence-corrected chi connectivity index (χ2v) is 4.03. The van der Waals surface area contributed by atoms with Crippen molar-refractivity contribution in [1.82, 2.24) is 5.16 Å². The average molecular weight is 305 g/mol. The lowest BCUT2D eigenvalue weighted by molar-refractivity contribution is 0.359. The summed E-state index contributed by atoms with van der Waals surface area (Å²) in [7, 11) is 1.18. The van der Waals surface area contributed by atoms with Crippen molar-refractivity contribution < 1.29 is 18.0 Å². The molecule has 1 heterocycles. The zero-order chi connectivity index (χ0) is 12.6. The number of rotatable bonds is 2. The van der Waals surface area contributed by atoms with Gasteiger partial charge in [-0.1, -0.05) is 5.16 Å². The molecule has 0 radical (unpaired) electrons. The van der Waals surface area contributed by atoms with Gasteiger partial charge in [0.1, 0.15) is 0 Å². The summed E-state index contributed by atoms with van der Waals surface area (Å²) in [6.45, 7) is 0. The summed E-state index contributed by atoms with van der Waals surface area (Å²) in [5, 5.41) is 3.43. The number of nitrogen functional groups attached to an aromatic ring is 1. The molecular weight excluding hydrogens is 298 g/mol. The highest BCUT2D eigenvalue weighted by molar-refractivity contribution is 9.10. The molecule has 17 heavy (non-hydrogen) atoms. The first kappa shape index (κ1) is 11.8. The molecule has 7 heteroatoms. The van der Waals surface area contributed by atoms with Gasteiger partial charge in [0, 0.05) is 5.56 Å². The van der Waals surface area contributed by atoms with Gasteiger partial charge < -0.3 is 15.0 Å². The lowest BCUT2D eigenvalue weighted by Crippen LogP contribution is -1.97. The molecule has 90 valence electrons. The van der Waals surface area contributed by atoms with E-state index in [9.17, 15) is 8.78 Å². The minimum Gasteiger partial charge on any atom is -0.491 e. The van der Waals surface area contributed by atoms with E-state index in [4.69, 9.17) is 5.73 Å². The molecule has 0 aliphatic heterocycles. The fraction of sp³-hybridized carbons (Fsp3) is 0.100. The Morgan fingerprint density at radius 1 is 1.35 bits per heavy atom. The Bertz CT molecular complexity index is 572. The van der Waals surface area contributed by atoms with E-state index < -0.39 is 17.4 Å². The lowest BCUT2D eigenvalue weighted by Gasteiger charge is -2.09. The van der Waals surface area contributed by atoms with E-state index in [1.165, 1.54) is 19.4 Å². The Kier molecular flexibility index (Phi) is 3.01. The third kappa shape index (κ3) is 1.86. The summed E-state index contributed by atoms with van der Waals surface area (Å²) >= 11 is 2.97. The van der Waals surface area contributed by atoms with Crippen LogP contribution < -0.4 is 10.5 Å². The van der Waals surface area contributed by atoms with E-state index in [2.05, 4.69) is 30.3 Å². The Hall–Kier alpha value is -1.63. The van der Waals surface area contributed by atoms with Crippen molar-refractivity contribution in [3.05, 3.63) is 28.4 Å². The van der Waals surface area contributed by atoms with Gasteiger partial charge in [0.25, 0.3) is 0 Å². The van der Waals surface area contributed by atoms with Gasteiger partial charge >= 0.3 is 0 Å². The van der Waals surface area contributed by atoms with Crippen molar-refractivity contribution in [2.24, 2.45) is 0 Å². The van der Waals surface area contributed by atoms with E-state index >= 15 is 0 Å². The fourth-order valence-corrected chi connectivity index (χ4v) is 1.82. The molecular formula is C10H7BrF2N2O2. The molecule has 4 nitrogen and oxygen atoms in total. The number of methoxy groups -OCH3 is 1. The number of aromatic nitrogens is 1. The predicted molar refractivity (Wildman–Crippen MR) is 60.5 cm³/mol. The minimum atomic E-state index is -0.858. The van der Waals surface area contributed by atoms with Crippen LogP contribution in [0.25, 0.3) is 11.1 Å². The third-order valence-electron chi connectivity index (χ3n) is 2.21. The van der Waals surface area contributed by atoms with Crippen molar-refractivity contribution in [2.45, 2.75) is 0 Å². The van der Waals surface area contributed by atoms with Crippen molar-refractivity contribution >= 4 is 21.8 Å². The van der Waals surface area contributed by atoms with Crippen LogP contribution in [0, 0.1) is 11.6 Å². The van der Waals surface area contributed by atoms with E-state index in [0.29, 0.717) is 0 Å². The van der Waals surface area contributed by atoms with Crippen LogP contribution in [0.3, 0.4) is 0 Å². The molecule has 1 aromatic carbocycles. The molecule has 2 N–H and O–H groups in total. The summed E-state index contributed by atoms with van der Waals surface area (Å²) in [5.41, 5.74) is 5.76. The van der Waals surface area contributed by atoms with Gasteiger partial charge in [-0.3, -0.25) is 0 Å². The molecule has 0 unspecified atom stereocenters. The molecule has 0 atom stereocenters. The van der Waals surface area contributed by atoms with E-state index in [1.54, 1.807) is 0 Å². The Morgan fingerprint density at radius 2 is 2.06 bits per heavy atom. The van der Waals surface area contributed by atoms with Gasteiger partial charge in [0.2, 0.25) is 5.88 Å². The van der Waals surface area contributed by atoms with Crippen molar-refractivity contribution in [1.29, 1.82) is 0 Å². The number of nitrogens with zero attached hydrogens (tertiary/aromatic N) is 1. The number of hydrogen-bond acceptors (Lipinski definition) is 4. The molecule has 0 aliphatic carbocycles. The zero-order valence-corrected chi connectivity index (χ0v) is 10.2. The SMILES string of the molecule is COc1c(F)c(Br)cc(-c2cnoc2N)c1F. The average Bonchev–Trinajstić information content (AvgIpc) is 2.71. The maximum atomic E-state index is 13.9. The van der Waals surface area contributed by atoms with Gasteiger partial charge in [-0.25, -0.2) is 8.78 Å². The van der Waals surface area contributed by atoms with Crippen LogP contribution in [-0.2, 0) is 0 Å². The Balaban J connectivity index is 2.72. The molecule has 0 bridgehead atoms. The Morgan fingerprint density at radius 3 is 2.59 bits per heavy atom. The van der Waals surface area contributed by atoms with Gasteiger partial charge in [0.05, 0.1) is 23.3 Å². The molecule has 0 amide bonds. The third-order valence-corrected chi connectivity index (χ3v) is 2.79. The molecule has 1 aromatic heterocycles. The number of anilines is 1. The smallest absolute Gasteiger partial charge is 0.230 e. The molecule has 0 saturated heterocycles. The molecule has 0 aliphatic rings. The topological polar surface area (TPSA) is 61.3 Å². The van der Waals surface area contributed by atoms with Gasteiger partial charge in [-0.2, -0.15) is 0 Å². The summed E-state index contributed by atoms with van der Waals surface area (Å²) in [6.07, 6.45) is 1.25. The number of nitrogens with two attached hydrogens (primary N) is 1. The van der Waals surface area contributed by atoms with Gasteiger partial charge in [-0.15, -0.1) is 0 Å². The monoisotopic (exact) mass is 304 g/mol. The van der Waals surface area contributed by atoms with Gasteiger partial charge in [-0.05, 0) is 22.0 Å². The van der Waals surface area contributed by atoms with Gasteiger partial charge in [0.15, 0.2) is 17.4 Å². The van der Waals surface area contributed by atoms with E-state index in [-0.39, 0.29) is 21.5 Å². The van der Waals surface area contributed by atoms with Crippen LogP contribution in [0.1, 0.15) is 0 Å². The summed E-state index contributed by atoms with van der Waals surface area (Å²) < 4.78 is 36.8. The summed E-state index contributed by atoms with van der Waals surface area (Å²) in [6, 6.07) is 1.25. The molecule has 2 aromatic rings. The van der Waals surface area contributed by atoms with Crippen LogP contribution in [-0.4, -0.2) is 12.3 Å². The number of ether oxygens (including phenoxy) is 1. The van der Waals surface area contributed by atoms with Crippen LogP contribution in [0.4, 0.5) is 14.7 Å². The number of hydrogen-bond donors (Lipinski definition) is 1. The summed E-state index contributed by atoms with van der Waals surface area (Å²) in [4.78, 5) is 0. The molecule has 2 rings (SSSR count). The maximum absolute atomic E-state index is 13.9. The first-order valence-electron chi connectivity index (χ1n) is 4.48. The predicted octanol–water partition coefficient (Wildman–Crippen LogP) is 2.97. The second kappa shape index (κ2) is 4.33. The first-order chi connectivity index (χ1) is 8.06. The zero-order valence-electron chi connectivity index (χ0n) is 8.63. The molecule has 0 saturated carbocycles. The quantitative estimate of drug-likeness (QED) is 0.867. The van der Waals surface area contributed by atoms with Crippen molar-refractivity contribution in [3.8, 4) is 16.9 Å². The maximum Gasteiger partial charge on any atom is 0.230 e. The van der Waals surface area contributed by atoms with E-state index in [0.717, 1.165) is 0 Å². The van der Waals surface area contributed by atoms with Crippen LogP contribution in [0.2, 0.25) is 0 Å². The highest BCUT2D eigenvalue weighted by Gasteiger charge is 2.21. The van der Waals surface area contributed by atoms with Crippen LogP contribution in [0.5, 0.6) is 5.75 Å². The fourth-order valence-electron chi connectivity index (χ4n) is 1.41.